The molecule has 0 aromatic heterocycles. The molecule has 0 aliphatic carbocycles. The van der Waals surface area contributed by atoms with Gasteiger partial charge in [-0.25, -0.2) is 8.42 Å². The lowest BCUT2D eigenvalue weighted by Gasteiger charge is -2.15. The van der Waals surface area contributed by atoms with Gasteiger partial charge in [0.1, 0.15) is 0 Å². The van der Waals surface area contributed by atoms with Crippen molar-refractivity contribution in [3.63, 3.8) is 0 Å². The molecular weight excluding hydrogens is 352 g/mol. The average Bonchev–Trinajstić information content (AvgIpc) is 2.33. The van der Waals surface area contributed by atoms with Crippen molar-refractivity contribution in [1.29, 1.82) is 0 Å². The van der Waals surface area contributed by atoms with Gasteiger partial charge in [0.05, 0.1) is 10.6 Å². The molecule has 4 nitrogen and oxygen atoms in total. The van der Waals surface area contributed by atoms with E-state index in [0.717, 1.165) is 15.6 Å². The SMILES string of the molecule is Cc1cc(C)c(NS(=O)(=O)c2ccc(N)cc2C)c(Br)c1. The summed E-state index contributed by atoms with van der Waals surface area (Å²) in [5.41, 5.74) is 9.29. The molecule has 0 spiro atoms. The summed E-state index contributed by atoms with van der Waals surface area (Å²) in [6, 6.07) is 8.55. The smallest absolute Gasteiger partial charge is 0.262 e. The molecule has 0 atom stereocenters. The molecule has 0 heterocycles. The predicted molar refractivity (Wildman–Crippen MR) is 90.0 cm³/mol. The number of hydrogen-bond donors (Lipinski definition) is 2. The summed E-state index contributed by atoms with van der Waals surface area (Å²) < 4.78 is 28.5. The van der Waals surface area contributed by atoms with Gasteiger partial charge in [0.25, 0.3) is 10.0 Å². The highest BCUT2D eigenvalue weighted by molar-refractivity contribution is 9.10. The lowest BCUT2D eigenvalue weighted by molar-refractivity contribution is 0.600. The zero-order chi connectivity index (χ0) is 15.8. The summed E-state index contributed by atoms with van der Waals surface area (Å²) >= 11 is 3.41. The van der Waals surface area contributed by atoms with Crippen molar-refractivity contribution in [2.45, 2.75) is 25.7 Å². The lowest BCUT2D eigenvalue weighted by Crippen LogP contribution is -2.15. The summed E-state index contributed by atoms with van der Waals surface area (Å²) in [6.07, 6.45) is 0. The first kappa shape index (κ1) is 15.9. The van der Waals surface area contributed by atoms with Crippen molar-refractivity contribution in [2.24, 2.45) is 0 Å². The zero-order valence-electron chi connectivity index (χ0n) is 12.1. The van der Waals surface area contributed by atoms with E-state index >= 15 is 0 Å². The number of nitrogens with one attached hydrogen (secondary N) is 1. The van der Waals surface area contributed by atoms with Gasteiger partial charge in [-0.15, -0.1) is 0 Å². The van der Waals surface area contributed by atoms with E-state index in [-0.39, 0.29) is 4.90 Å². The molecule has 6 heteroatoms. The molecular formula is C15H17BrN2O2S. The molecule has 3 N–H and O–H groups in total. The Morgan fingerprint density at radius 1 is 1.05 bits per heavy atom. The molecule has 0 aliphatic rings. The maximum atomic E-state index is 12.6. The van der Waals surface area contributed by atoms with Crippen LogP contribution in [0.5, 0.6) is 0 Å². The number of sulfonamides is 1. The van der Waals surface area contributed by atoms with Crippen molar-refractivity contribution in [3.05, 3.63) is 51.5 Å². The Labute approximate surface area is 133 Å². The third-order valence-electron chi connectivity index (χ3n) is 3.16. The number of anilines is 2. The second kappa shape index (κ2) is 5.69. The number of hydrogen-bond acceptors (Lipinski definition) is 3. The van der Waals surface area contributed by atoms with E-state index in [2.05, 4.69) is 20.7 Å². The van der Waals surface area contributed by atoms with Gasteiger partial charge in [0.15, 0.2) is 0 Å². The van der Waals surface area contributed by atoms with E-state index in [1.54, 1.807) is 19.1 Å². The Morgan fingerprint density at radius 3 is 2.29 bits per heavy atom. The molecule has 112 valence electrons. The van der Waals surface area contributed by atoms with Crippen molar-refractivity contribution >= 4 is 37.3 Å². The Kier molecular flexibility index (Phi) is 4.30. The van der Waals surface area contributed by atoms with Gasteiger partial charge in [0, 0.05) is 10.2 Å². The van der Waals surface area contributed by atoms with Crippen LogP contribution in [-0.4, -0.2) is 8.42 Å². The van der Waals surface area contributed by atoms with Crippen molar-refractivity contribution in [1.82, 2.24) is 0 Å². The number of benzene rings is 2. The summed E-state index contributed by atoms with van der Waals surface area (Å²) in [5.74, 6) is 0. The Hall–Kier alpha value is -1.53. The highest BCUT2D eigenvalue weighted by Gasteiger charge is 2.19. The number of halogens is 1. The van der Waals surface area contributed by atoms with Crippen LogP contribution in [0, 0.1) is 20.8 Å². The molecule has 2 aromatic rings. The van der Waals surface area contributed by atoms with Crippen LogP contribution in [0.2, 0.25) is 0 Å². The second-order valence-corrected chi connectivity index (χ2v) is 7.57. The highest BCUT2D eigenvalue weighted by Crippen LogP contribution is 2.30. The van der Waals surface area contributed by atoms with Crippen molar-refractivity contribution in [2.75, 3.05) is 10.5 Å². The van der Waals surface area contributed by atoms with Crippen LogP contribution >= 0.6 is 15.9 Å². The topological polar surface area (TPSA) is 72.2 Å². The Bertz CT molecular complexity index is 778. The summed E-state index contributed by atoms with van der Waals surface area (Å²) in [6.45, 7) is 5.55. The fraction of sp³-hybridized carbons (Fsp3) is 0.200. The first-order valence-electron chi connectivity index (χ1n) is 6.36. The Morgan fingerprint density at radius 2 is 1.71 bits per heavy atom. The number of aryl methyl sites for hydroxylation is 3. The standard InChI is InChI=1S/C15H17BrN2O2S/c1-9-6-11(3)15(13(16)7-9)18-21(19,20)14-5-4-12(17)8-10(14)2/h4-8,18H,17H2,1-3H3. The van der Waals surface area contributed by atoms with Gasteiger partial charge < -0.3 is 5.73 Å². The van der Waals surface area contributed by atoms with Crippen LogP contribution < -0.4 is 10.5 Å². The molecule has 0 saturated heterocycles. The van der Waals surface area contributed by atoms with Crippen molar-refractivity contribution < 1.29 is 8.42 Å². The molecule has 0 radical (unpaired) electrons. The van der Waals surface area contributed by atoms with E-state index in [0.29, 0.717) is 16.9 Å². The fourth-order valence-corrected chi connectivity index (χ4v) is 4.49. The third kappa shape index (κ3) is 3.39. The summed E-state index contributed by atoms with van der Waals surface area (Å²) in [4.78, 5) is 0.226. The van der Waals surface area contributed by atoms with E-state index in [9.17, 15) is 8.42 Å². The van der Waals surface area contributed by atoms with Crippen LogP contribution in [0.25, 0.3) is 0 Å². The summed E-state index contributed by atoms with van der Waals surface area (Å²) in [5, 5.41) is 0. The van der Waals surface area contributed by atoms with Gasteiger partial charge in [-0.05, 0) is 77.7 Å². The molecule has 0 bridgehead atoms. The van der Waals surface area contributed by atoms with E-state index in [4.69, 9.17) is 5.73 Å². The van der Waals surface area contributed by atoms with Crippen molar-refractivity contribution in [3.8, 4) is 0 Å². The zero-order valence-corrected chi connectivity index (χ0v) is 14.5. The minimum atomic E-state index is -3.65. The number of nitrogens with two attached hydrogens (primary N) is 1. The maximum Gasteiger partial charge on any atom is 0.262 e. The first-order valence-corrected chi connectivity index (χ1v) is 8.64. The Balaban J connectivity index is 2.47. The van der Waals surface area contributed by atoms with E-state index < -0.39 is 10.0 Å². The van der Waals surface area contributed by atoms with Gasteiger partial charge >= 0.3 is 0 Å². The minimum absolute atomic E-state index is 0.226. The molecule has 2 aromatic carbocycles. The lowest BCUT2D eigenvalue weighted by atomic mass is 10.1. The van der Waals surface area contributed by atoms with Crippen LogP contribution in [0.4, 0.5) is 11.4 Å². The maximum absolute atomic E-state index is 12.6. The number of nitrogen functional groups attached to an aromatic ring is 1. The highest BCUT2D eigenvalue weighted by atomic mass is 79.9. The largest absolute Gasteiger partial charge is 0.399 e. The van der Waals surface area contributed by atoms with Gasteiger partial charge in [-0.3, -0.25) is 4.72 Å². The number of rotatable bonds is 3. The van der Waals surface area contributed by atoms with E-state index in [1.807, 2.05) is 26.0 Å². The van der Waals surface area contributed by atoms with Crippen LogP contribution in [0.15, 0.2) is 39.7 Å². The normalized spacial score (nSPS) is 11.4. The molecule has 0 fully saturated rings. The predicted octanol–water partition coefficient (Wildman–Crippen LogP) is 3.76. The van der Waals surface area contributed by atoms with Gasteiger partial charge in [-0.2, -0.15) is 0 Å². The second-order valence-electron chi connectivity index (χ2n) is 5.07. The molecule has 2 rings (SSSR count). The third-order valence-corrected chi connectivity index (χ3v) is 5.29. The van der Waals surface area contributed by atoms with Crippen LogP contribution in [0.1, 0.15) is 16.7 Å². The quantitative estimate of drug-likeness (QED) is 0.810. The molecule has 0 saturated carbocycles. The van der Waals surface area contributed by atoms with Gasteiger partial charge in [-0.1, -0.05) is 6.07 Å². The van der Waals surface area contributed by atoms with Gasteiger partial charge in [0.2, 0.25) is 0 Å². The summed E-state index contributed by atoms with van der Waals surface area (Å²) in [7, 11) is -3.65. The van der Waals surface area contributed by atoms with Crippen LogP contribution in [0.3, 0.4) is 0 Å². The molecule has 0 aliphatic heterocycles. The first-order chi connectivity index (χ1) is 9.70. The minimum Gasteiger partial charge on any atom is -0.399 e. The molecule has 21 heavy (non-hydrogen) atoms. The molecule has 0 unspecified atom stereocenters. The monoisotopic (exact) mass is 368 g/mol. The molecule has 0 amide bonds. The van der Waals surface area contributed by atoms with E-state index in [1.165, 1.54) is 6.07 Å². The van der Waals surface area contributed by atoms with Crippen LogP contribution in [-0.2, 0) is 10.0 Å². The fourth-order valence-electron chi connectivity index (χ4n) is 2.21. The average molecular weight is 369 g/mol.